The number of hydrogen-bond acceptors (Lipinski definition) is 3. The van der Waals surface area contributed by atoms with Gasteiger partial charge in [-0.15, -0.1) is 11.3 Å². The number of thiophene rings is 1. The van der Waals surface area contributed by atoms with Gasteiger partial charge in [0.15, 0.2) is 0 Å². The van der Waals surface area contributed by atoms with E-state index in [2.05, 4.69) is 58.3 Å². The molecule has 2 aromatic rings. The standard InChI is InChI=1S/C15H19BrN2S/c1-11(2)18(10-14-4-3-7-19-14)9-12-5-6-13(17)8-15(12)16/h3-8,11H,9-10,17H2,1-2H3. The van der Waals surface area contributed by atoms with Gasteiger partial charge in [0, 0.05) is 34.2 Å². The Morgan fingerprint density at radius 2 is 2.05 bits per heavy atom. The first-order chi connectivity index (χ1) is 9.06. The molecular formula is C15H19BrN2S. The molecule has 1 heterocycles. The topological polar surface area (TPSA) is 29.3 Å². The van der Waals surface area contributed by atoms with E-state index in [1.807, 2.05) is 23.5 Å². The predicted octanol–water partition coefficient (Wildman–Crippen LogP) is 4.50. The van der Waals surface area contributed by atoms with Crippen molar-refractivity contribution in [3.05, 3.63) is 50.6 Å². The summed E-state index contributed by atoms with van der Waals surface area (Å²) >= 11 is 5.41. The molecular weight excluding hydrogens is 320 g/mol. The Kier molecular flexibility index (Phi) is 5.02. The van der Waals surface area contributed by atoms with Crippen molar-refractivity contribution < 1.29 is 0 Å². The molecule has 0 aliphatic heterocycles. The number of rotatable bonds is 5. The highest BCUT2D eigenvalue weighted by atomic mass is 79.9. The first-order valence-corrected chi connectivity index (χ1v) is 8.04. The fourth-order valence-corrected chi connectivity index (χ4v) is 3.19. The Hall–Kier alpha value is -0.840. The maximum Gasteiger partial charge on any atom is 0.0334 e. The molecule has 0 aliphatic rings. The van der Waals surface area contributed by atoms with Gasteiger partial charge >= 0.3 is 0 Å². The molecule has 4 heteroatoms. The lowest BCUT2D eigenvalue weighted by Crippen LogP contribution is -2.29. The fraction of sp³-hybridized carbons (Fsp3) is 0.333. The van der Waals surface area contributed by atoms with Crippen molar-refractivity contribution >= 4 is 33.0 Å². The van der Waals surface area contributed by atoms with Crippen molar-refractivity contribution in [1.29, 1.82) is 0 Å². The van der Waals surface area contributed by atoms with Gasteiger partial charge in [0.05, 0.1) is 0 Å². The monoisotopic (exact) mass is 338 g/mol. The maximum absolute atomic E-state index is 5.79. The lowest BCUT2D eigenvalue weighted by molar-refractivity contribution is 0.205. The van der Waals surface area contributed by atoms with E-state index in [9.17, 15) is 0 Å². The van der Waals surface area contributed by atoms with Crippen LogP contribution >= 0.6 is 27.3 Å². The molecule has 0 aliphatic carbocycles. The molecule has 0 radical (unpaired) electrons. The average Bonchev–Trinajstić information content (AvgIpc) is 2.84. The predicted molar refractivity (Wildman–Crippen MR) is 87.3 cm³/mol. The molecule has 19 heavy (non-hydrogen) atoms. The van der Waals surface area contributed by atoms with Crippen molar-refractivity contribution in [1.82, 2.24) is 4.90 Å². The SMILES string of the molecule is CC(C)N(Cc1cccs1)Cc1ccc(N)cc1Br. The van der Waals surface area contributed by atoms with E-state index < -0.39 is 0 Å². The molecule has 0 saturated carbocycles. The highest BCUT2D eigenvalue weighted by Crippen LogP contribution is 2.23. The number of nitrogen functional groups attached to an aromatic ring is 1. The third-order valence-corrected chi connectivity index (χ3v) is 4.72. The van der Waals surface area contributed by atoms with Gasteiger partial charge in [0.2, 0.25) is 0 Å². The Morgan fingerprint density at radius 1 is 1.26 bits per heavy atom. The zero-order valence-corrected chi connectivity index (χ0v) is 13.7. The number of halogens is 1. The number of hydrogen-bond donors (Lipinski definition) is 1. The minimum atomic E-state index is 0.506. The second-order valence-electron chi connectivity index (χ2n) is 4.93. The van der Waals surface area contributed by atoms with Crippen molar-refractivity contribution in [3.8, 4) is 0 Å². The number of benzene rings is 1. The molecule has 0 spiro atoms. The first kappa shape index (κ1) is 14.6. The van der Waals surface area contributed by atoms with Crippen LogP contribution in [-0.4, -0.2) is 10.9 Å². The number of nitrogens with two attached hydrogens (primary N) is 1. The molecule has 0 bridgehead atoms. The summed E-state index contributed by atoms with van der Waals surface area (Å²) in [6.45, 7) is 6.39. The van der Waals surface area contributed by atoms with Crippen LogP contribution in [0.25, 0.3) is 0 Å². The number of anilines is 1. The van der Waals surface area contributed by atoms with Crippen LogP contribution in [0.1, 0.15) is 24.3 Å². The van der Waals surface area contributed by atoms with Crippen LogP contribution < -0.4 is 5.73 Å². The zero-order chi connectivity index (χ0) is 13.8. The largest absolute Gasteiger partial charge is 0.399 e. The Balaban J connectivity index is 2.12. The van der Waals surface area contributed by atoms with Crippen molar-refractivity contribution in [2.45, 2.75) is 33.0 Å². The van der Waals surface area contributed by atoms with Gasteiger partial charge in [-0.05, 0) is 43.0 Å². The third-order valence-electron chi connectivity index (χ3n) is 3.12. The fourth-order valence-electron chi connectivity index (χ4n) is 1.93. The van der Waals surface area contributed by atoms with Crippen molar-refractivity contribution in [2.75, 3.05) is 5.73 Å². The van der Waals surface area contributed by atoms with E-state index in [0.29, 0.717) is 6.04 Å². The van der Waals surface area contributed by atoms with Gasteiger partial charge in [-0.2, -0.15) is 0 Å². The molecule has 1 aromatic carbocycles. The Labute approximate surface area is 127 Å². The molecule has 0 unspecified atom stereocenters. The van der Waals surface area contributed by atoms with Gasteiger partial charge in [0.25, 0.3) is 0 Å². The van der Waals surface area contributed by atoms with Gasteiger partial charge < -0.3 is 5.73 Å². The van der Waals surface area contributed by atoms with Crippen molar-refractivity contribution in [3.63, 3.8) is 0 Å². The van der Waals surface area contributed by atoms with Crippen LogP contribution in [0.5, 0.6) is 0 Å². The van der Waals surface area contributed by atoms with Crippen LogP contribution in [0.4, 0.5) is 5.69 Å². The lowest BCUT2D eigenvalue weighted by Gasteiger charge is -2.26. The maximum atomic E-state index is 5.79. The summed E-state index contributed by atoms with van der Waals surface area (Å²) in [6, 6.07) is 10.8. The second-order valence-corrected chi connectivity index (χ2v) is 6.82. The van der Waals surface area contributed by atoms with E-state index in [-0.39, 0.29) is 0 Å². The highest BCUT2D eigenvalue weighted by molar-refractivity contribution is 9.10. The van der Waals surface area contributed by atoms with Gasteiger partial charge in [-0.25, -0.2) is 0 Å². The molecule has 0 atom stereocenters. The van der Waals surface area contributed by atoms with E-state index in [4.69, 9.17) is 5.73 Å². The highest BCUT2D eigenvalue weighted by Gasteiger charge is 2.13. The molecule has 0 amide bonds. The van der Waals surface area contributed by atoms with Crippen LogP contribution in [0, 0.1) is 0 Å². The van der Waals surface area contributed by atoms with Crippen LogP contribution in [0.15, 0.2) is 40.2 Å². The number of nitrogens with zero attached hydrogens (tertiary/aromatic N) is 1. The summed E-state index contributed by atoms with van der Waals surface area (Å²) in [7, 11) is 0. The molecule has 2 nitrogen and oxygen atoms in total. The second kappa shape index (κ2) is 6.55. The quantitative estimate of drug-likeness (QED) is 0.813. The summed E-state index contributed by atoms with van der Waals surface area (Å²) in [6.07, 6.45) is 0. The van der Waals surface area contributed by atoms with E-state index in [0.717, 1.165) is 23.2 Å². The zero-order valence-electron chi connectivity index (χ0n) is 11.3. The Bertz CT molecular complexity index is 523. The molecule has 0 fully saturated rings. The molecule has 2 N–H and O–H groups in total. The lowest BCUT2D eigenvalue weighted by atomic mass is 10.1. The van der Waals surface area contributed by atoms with Crippen LogP contribution in [0.3, 0.4) is 0 Å². The smallest absolute Gasteiger partial charge is 0.0334 e. The van der Waals surface area contributed by atoms with Gasteiger partial charge in [-0.1, -0.05) is 28.1 Å². The Morgan fingerprint density at radius 3 is 2.63 bits per heavy atom. The third kappa shape index (κ3) is 4.06. The first-order valence-electron chi connectivity index (χ1n) is 6.36. The van der Waals surface area contributed by atoms with E-state index >= 15 is 0 Å². The molecule has 1 aromatic heterocycles. The van der Waals surface area contributed by atoms with E-state index in [1.165, 1.54) is 10.4 Å². The van der Waals surface area contributed by atoms with Crippen LogP contribution in [0.2, 0.25) is 0 Å². The van der Waals surface area contributed by atoms with Crippen LogP contribution in [-0.2, 0) is 13.1 Å². The van der Waals surface area contributed by atoms with Crippen molar-refractivity contribution in [2.24, 2.45) is 0 Å². The van der Waals surface area contributed by atoms with E-state index in [1.54, 1.807) is 0 Å². The summed E-state index contributed by atoms with van der Waals surface area (Å²) in [5.41, 5.74) is 7.86. The minimum absolute atomic E-state index is 0.506. The normalized spacial score (nSPS) is 11.4. The summed E-state index contributed by atoms with van der Waals surface area (Å²) in [4.78, 5) is 3.86. The van der Waals surface area contributed by atoms with Gasteiger partial charge in [-0.3, -0.25) is 4.90 Å². The molecule has 2 rings (SSSR count). The summed E-state index contributed by atoms with van der Waals surface area (Å²) in [5.74, 6) is 0. The summed E-state index contributed by atoms with van der Waals surface area (Å²) in [5, 5.41) is 2.13. The molecule has 0 saturated heterocycles. The van der Waals surface area contributed by atoms with Gasteiger partial charge in [0.1, 0.15) is 0 Å². The minimum Gasteiger partial charge on any atom is -0.399 e. The average molecular weight is 339 g/mol. The summed E-state index contributed by atoms with van der Waals surface area (Å²) < 4.78 is 1.09. The molecule has 102 valence electrons.